The second kappa shape index (κ2) is 6.61. The first-order valence-corrected chi connectivity index (χ1v) is 9.90. The molecule has 156 valence electrons. The first kappa shape index (κ1) is 19.2. The van der Waals surface area contributed by atoms with Crippen molar-refractivity contribution < 1.29 is 19.4 Å². The lowest BCUT2D eigenvalue weighted by Crippen LogP contribution is -2.44. The number of hydrogen-bond donors (Lipinski definition) is 2. The lowest BCUT2D eigenvalue weighted by Gasteiger charge is -2.31. The average molecular weight is 417 g/mol. The summed E-state index contributed by atoms with van der Waals surface area (Å²) in [5.74, 6) is -1.29. The summed E-state index contributed by atoms with van der Waals surface area (Å²) in [7, 11) is 0. The number of benzene rings is 1. The van der Waals surface area contributed by atoms with Crippen LogP contribution in [-0.4, -0.2) is 26.5 Å². The highest BCUT2D eigenvalue weighted by Crippen LogP contribution is 2.38. The van der Waals surface area contributed by atoms with Crippen molar-refractivity contribution in [2.24, 2.45) is 5.73 Å². The standard InChI is InChI=1S/C23H19N3O5/c1-2-23(30)16-9-18-20-14(10-26(18)21(28)15(16)11-31-22(23)29)8-13-5-3-12(4-6-19(24)27)7-17(13)25-20/h3-9,30H,2,10-11H2,1H3,(H2,24,27)/t23-/m0/s1. The molecule has 2 aliphatic rings. The van der Waals surface area contributed by atoms with Crippen LogP contribution in [0.2, 0.25) is 0 Å². The van der Waals surface area contributed by atoms with E-state index in [1.165, 1.54) is 6.08 Å². The Kier molecular flexibility index (Phi) is 4.10. The molecule has 0 aliphatic carbocycles. The maximum Gasteiger partial charge on any atom is 0.343 e. The smallest absolute Gasteiger partial charge is 0.343 e. The third-order valence-corrected chi connectivity index (χ3v) is 5.97. The molecule has 0 unspecified atom stereocenters. The number of rotatable bonds is 3. The number of carbonyl (C=O) groups excluding carboxylic acids is 2. The molecule has 0 spiro atoms. The first-order valence-electron chi connectivity index (χ1n) is 9.90. The lowest BCUT2D eigenvalue weighted by molar-refractivity contribution is -0.172. The van der Waals surface area contributed by atoms with E-state index in [0.29, 0.717) is 29.0 Å². The zero-order valence-electron chi connectivity index (χ0n) is 16.7. The number of nitrogens with zero attached hydrogens (tertiary/aromatic N) is 2. The van der Waals surface area contributed by atoms with Crippen molar-refractivity contribution in [1.29, 1.82) is 0 Å². The molecule has 1 amide bonds. The summed E-state index contributed by atoms with van der Waals surface area (Å²) in [5.41, 5.74) is 7.12. The number of primary amides is 1. The van der Waals surface area contributed by atoms with E-state index in [1.54, 1.807) is 23.6 Å². The number of esters is 1. The van der Waals surface area contributed by atoms with Gasteiger partial charge in [0.15, 0.2) is 5.60 Å². The van der Waals surface area contributed by atoms with Crippen LogP contribution in [0, 0.1) is 0 Å². The third-order valence-electron chi connectivity index (χ3n) is 5.97. The molecule has 1 atom stereocenters. The molecule has 0 saturated carbocycles. The van der Waals surface area contributed by atoms with Gasteiger partial charge in [-0.25, -0.2) is 9.78 Å². The van der Waals surface area contributed by atoms with Gasteiger partial charge in [0.25, 0.3) is 5.56 Å². The van der Waals surface area contributed by atoms with Crippen LogP contribution in [0.25, 0.3) is 28.4 Å². The van der Waals surface area contributed by atoms with Crippen molar-refractivity contribution in [3.8, 4) is 11.4 Å². The minimum Gasteiger partial charge on any atom is -0.458 e. The SMILES string of the molecule is CC[C@@]1(O)C(=O)OCc2c1cc1n(c2=O)Cc2cc3ccc(C=CC(N)=O)cc3nc2-1. The molecule has 0 fully saturated rings. The van der Waals surface area contributed by atoms with Gasteiger partial charge in [0.05, 0.1) is 29.0 Å². The number of carbonyl (C=O) groups is 2. The van der Waals surface area contributed by atoms with E-state index < -0.39 is 17.5 Å². The fourth-order valence-corrected chi connectivity index (χ4v) is 4.28. The number of fused-ring (bicyclic) bond motifs is 5. The Balaban J connectivity index is 1.70. The van der Waals surface area contributed by atoms with Crippen LogP contribution in [-0.2, 0) is 33.1 Å². The first-order chi connectivity index (χ1) is 14.8. The highest BCUT2D eigenvalue weighted by atomic mass is 16.6. The molecule has 0 radical (unpaired) electrons. The maximum atomic E-state index is 13.2. The van der Waals surface area contributed by atoms with Gasteiger partial charge in [0.1, 0.15) is 6.61 Å². The Morgan fingerprint density at radius 3 is 2.87 bits per heavy atom. The molecule has 1 aromatic carbocycles. The third kappa shape index (κ3) is 2.79. The van der Waals surface area contributed by atoms with Crippen molar-refractivity contribution in [2.45, 2.75) is 32.1 Å². The van der Waals surface area contributed by atoms with E-state index >= 15 is 0 Å². The second-order valence-corrected chi connectivity index (χ2v) is 7.79. The highest BCUT2D eigenvalue weighted by Gasteiger charge is 2.45. The van der Waals surface area contributed by atoms with Crippen LogP contribution in [0.3, 0.4) is 0 Å². The molecular formula is C23H19N3O5. The number of ether oxygens (including phenoxy) is 1. The topological polar surface area (TPSA) is 125 Å². The van der Waals surface area contributed by atoms with E-state index in [4.69, 9.17) is 15.5 Å². The number of amides is 1. The summed E-state index contributed by atoms with van der Waals surface area (Å²) in [6.45, 7) is 1.86. The van der Waals surface area contributed by atoms with Gasteiger partial charge < -0.3 is 20.1 Å². The number of cyclic esters (lactones) is 1. The highest BCUT2D eigenvalue weighted by molar-refractivity contribution is 5.92. The molecule has 2 aliphatic heterocycles. The Hall–Kier alpha value is -3.78. The number of hydrogen-bond acceptors (Lipinski definition) is 6. The van der Waals surface area contributed by atoms with E-state index in [2.05, 4.69) is 0 Å². The Labute approximate surface area is 176 Å². The predicted molar refractivity (Wildman–Crippen MR) is 113 cm³/mol. The van der Waals surface area contributed by atoms with Gasteiger partial charge in [0, 0.05) is 22.6 Å². The van der Waals surface area contributed by atoms with Crippen LogP contribution >= 0.6 is 0 Å². The molecule has 3 N–H and O–H groups in total. The van der Waals surface area contributed by atoms with Crippen LogP contribution in [0.15, 0.2) is 41.2 Å². The molecule has 0 bridgehead atoms. The molecule has 2 aromatic heterocycles. The van der Waals surface area contributed by atoms with Crippen molar-refractivity contribution >= 4 is 28.9 Å². The number of aromatic nitrogens is 2. The van der Waals surface area contributed by atoms with Crippen molar-refractivity contribution in [3.05, 3.63) is 69.0 Å². The normalized spacial score (nSPS) is 19.2. The lowest BCUT2D eigenvalue weighted by atomic mass is 9.86. The zero-order chi connectivity index (χ0) is 21.9. The summed E-state index contributed by atoms with van der Waals surface area (Å²) in [4.78, 5) is 41.2. The fraction of sp³-hybridized carbons (Fsp3) is 0.217. The molecule has 5 rings (SSSR count). The Bertz CT molecular complexity index is 1390. The van der Waals surface area contributed by atoms with Gasteiger partial charge in [-0.3, -0.25) is 9.59 Å². The van der Waals surface area contributed by atoms with Gasteiger partial charge in [-0.1, -0.05) is 19.1 Å². The largest absolute Gasteiger partial charge is 0.458 e. The van der Waals surface area contributed by atoms with E-state index in [-0.39, 0.29) is 24.2 Å². The average Bonchev–Trinajstić information content (AvgIpc) is 3.11. The molecule has 0 saturated heterocycles. The van der Waals surface area contributed by atoms with Crippen LogP contribution in [0.5, 0.6) is 0 Å². The van der Waals surface area contributed by atoms with Gasteiger partial charge >= 0.3 is 5.97 Å². The van der Waals surface area contributed by atoms with Crippen LogP contribution in [0.4, 0.5) is 0 Å². The van der Waals surface area contributed by atoms with E-state index in [1.807, 2.05) is 24.3 Å². The van der Waals surface area contributed by atoms with Crippen molar-refractivity contribution in [3.63, 3.8) is 0 Å². The molecule has 3 aromatic rings. The number of aliphatic hydroxyl groups is 1. The molecular weight excluding hydrogens is 398 g/mol. The Morgan fingerprint density at radius 1 is 1.32 bits per heavy atom. The van der Waals surface area contributed by atoms with Crippen molar-refractivity contribution in [2.75, 3.05) is 0 Å². The quantitative estimate of drug-likeness (QED) is 0.385. The zero-order valence-corrected chi connectivity index (χ0v) is 16.7. The number of nitrogens with two attached hydrogens (primary N) is 1. The Morgan fingerprint density at radius 2 is 2.13 bits per heavy atom. The van der Waals surface area contributed by atoms with Crippen molar-refractivity contribution in [1.82, 2.24) is 9.55 Å². The van der Waals surface area contributed by atoms with Gasteiger partial charge in [-0.15, -0.1) is 0 Å². The van der Waals surface area contributed by atoms with E-state index in [0.717, 1.165) is 16.5 Å². The van der Waals surface area contributed by atoms with Gasteiger partial charge in [-0.05, 0) is 36.3 Å². The van der Waals surface area contributed by atoms with Gasteiger partial charge in [0.2, 0.25) is 5.91 Å². The van der Waals surface area contributed by atoms with Crippen LogP contribution in [0.1, 0.15) is 35.6 Å². The minimum absolute atomic E-state index is 0.0926. The molecule has 4 heterocycles. The summed E-state index contributed by atoms with van der Waals surface area (Å²) in [6, 6.07) is 9.23. The summed E-state index contributed by atoms with van der Waals surface area (Å²) < 4.78 is 6.68. The molecule has 8 heteroatoms. The monoisotopic (exact) mass is 417 g/mol. The van der Waals surface area contributed by atoms with Gasteiger partial charge in [-0.2, -0.15) is 0 Å². The summed E-state index contributed by atoms with van der Waals surface area (Å²) >= 11 is 0. The number of pyridine rings is 2. The minimum atomic E-state index is -1.85. The van der Waals surface area contributed by atoms with Crippen LogP contribution < -0.4 is 11.3 Å². The van der Waals surface area contributed by atoms with E-state index in [9.17, 15) is 19.5 Å². The maximum absolute atomic E-state index is 13.2. The molecule has 8 nitrogen and oxygen atoms in total. The summed E-state index contributed by atoms with van der Waals surface area (Å²) in [5, 5.41) is 11.8. The molecule has 31 heavy (non-hydrogen) atoms. The fourth-order valence-electron chi connectivity index (χ4n) is 4.28. The second-order valence-electron chi connectivity index (χ2n) is 7.79. The summed E-state index contributed by atoms with van der Waals surface area (Å²) in [6.07, 6.45) is 2.98. The predicted octanol–water partition coefficient (Wildman–Crippen LogP) is 1.58.